The maximum absolute atomic E-state index is 12.2. The van der Waals surface area contributed by atoms with Crippen molar-refractivity contribution in [3.8, 4) is 0 Å². The van der Waals surface area contributed by atoms with E-state index in [-0.39, 0.29) is 18.5 Å². The van der Waals surface area contributed by atoms with Gasteiger partial charge in [-0.3, -0.25) is 4.57 Å². The zero-order chi connectivity index (χ0) is 19.4. The minimum absolute atomic E-state index is 0.186. The number of rotatable bonds is 7. The van der Waals surface area contributed by atoms with Gasteiger partial charge in [-0.2, -0.15) is 4.98 Å². The Bertz CT molecular complexity index is 902. The minimum Gasteiger partial charge on any atom is -0.394 e. The van der Waals surface area contributed by atoms with Crippen LogP contribution in [0, 0.1) is 6.92 Å². The first-order valence-electron chi connectivity index (χ1n) is 8.56. The molecule has 12 nitrogen and oxygen atoms in total. The number of hydrogen-bond donors (Lipinski definition) is 2. The van der Waals surface area contributed by atoms with Gasteiger partial charge in [-0.05, 0) is 25.3 Å². The normalized spacial score (nSPS) is 21.9. The molecule has 0 amide bonds. The summed E-state index contributed by atoms with van der Waals surface area (Å²) in [5, 5.41) is 21.4. The van der Waals surface area contributed by atoms with Gasteiger partial charge >= 0.3 is 5.69 Å². The first-order chi connectivity index (χ1) is 13.0. The largest absolute Gasteiger partial charge is 0.394 e. The van der Waals surface area contributed by atoms with E-state index >= 15 is 0 Å². The molecule has 1 aliphatic heterocycles. The standard InChI is InChI=1S/C15H21N9O3/c1-9-6-23(15(26)19-14(9)16)13-5-11(12(8-25)27-13)24-7-10(20-22-24)3-2-4-18-21-17/h6-7,11-13,25H,2-5,8H2,1H3,(H2,16,19,26)/t11-,12+,13+/m0/s1. The predicted molar refractivity (Wildman–Crippen MR) is 94.7 cm³/mol. The zero-order valence-corrected chi connectivity index (χ0v) is 14.8. The van der Waals surface area contributed by atoms with Gasteiger partial charge in [0.05, 0.1) is 18.3 Å². The van der Waals surface area contributed by atoms with E-state index in [1.807, 2.05) is 0 Å². The Morgan fingerprint density at radius 3 is 3.07 bits per heavy atom. The van der Waals surface area contributed by atoms with E-state index < -0.39 is 18.0 Å². The number of aromatic nitrogens is 5. The fourth-order valence-electron chi connectivity index (χ4n) is 3.08. The van der Waals surface area contributed by atoms with E-state index in [9.17, 15) is 9.90 Å². The highest BCUT2D eigenvalue weighted by molar-refractivity contribution is 5.35. The lowest BCUT2D eigenvalue weighted by Gasteiger charge is -2.15. The second-order valence-electron chi connectivity index (χ2n) is 6.36. The molecular weight excluding hydrogens is 354 g/mol. The molecule has 1 saturated heterocycles. The molecule has 27 heavy (non-hydrogen) atoms. The van der Waals surface area contributed by atoms with E-state index in [0.29, 0.717) is 31.4 Å². The first kappa shape index (κ1) is 18.8. The van der Waals surface area contributed by atoms with Crippen LogP contribution in [0.2, 0.25) is 0 Å². The van der Waals surface area contributed by atoms with Gasteiger partial charge in [-0.15, -0.1) is 5.10 Å². The Hall–Kier alpha value is -2.95. The van der Waals surface area contributed by atoms with Gasteiger partial charge in [0.25, 0.3) is 0 Å². The van der Waals surface area contributed by atoms with Crippen LogP contribution < -0.4 is 11.4 Å². The van der Waals surface area contributed by atoms with Crippen molar-refractivity contribution in [2.75, 3.05) is 18.9 Å². The van der Waals surface area contributed by atoms with Gasteiger partial charge in [0.2, 0.25) is 0 Å². The van der Waals surface area contributed by atoms with Crippen molar-refractivity contribution in [1.82, 2.24) is 24.5 Å². The average Bonchev–Trinajstić information content (AvgIpc) is 3.28. The Labute approximate surface area is 154 Å². The predicted octanol–water partition coefficient (Wildman–Crippen LogP) is 0.489. The number of azide groups is 1. The highest BCUT2D eigenvalue weighted by Crippen LogP contribution is 2.35. The number of anilines is 1. The van der Waals surface area contributed by atoms with E-state index in [1.165, 1.54) is 4.57 Å². The number of nitrogen functional groups attached to an aromatic ring is 1. The molecule has 2 aromatic heterocycles. The van der Waals surface area contributed by atoms with Crippen LogP contribution in [-0.2, 0) is 11.2 Å². The van der Waals surface area contributed by atoms with Crippen LogP contribution in [0.25, 0.3) is 10.4 Å². The monoisotopic (exact) mass is 375 g/mol. The third-order valence-electron chi connectivity index (χ3n) is 4.52. The van der Waals surface area contributed by atoms with Gasteiger partial charge in [0, 0.05) is 35.8 Å². The molecule has 2 aromatic rings. The number of nitrogens with zero attached hydrogens (tertiary/aromatic N) is 8. The molecule has 3 heterocycles. The number of aliphatic hydroxyl groups is 1. The van der Waals surface area contributed by atoms with E-state index in [4.69, 9.17) is 16.0 Å². The molecule has 0 saturated carbocycles. The van der Waals surface area contributed by atoms with E-state index in [1.54, 1.807) is 24.0 Å². The Morgan fingerprint density at radius 1 is 1.52 bits per heavy atom. The summed E-state index contributed by atoms with van der Waals surface area (Å²) in [7, 11) is 0. The van der Waals surface area contributed by atoms with Gasteiger partial charge in [0.15, 0.2) is 0 Å². The summed E-state index contributed by atoms with van der Waals surface area (Å²) in [4.78, 5) is 18.7. The summed E-state index contributed by atoms with van der Waals surface area (Å²) in [6, 6.07) is -0.275. The molecule has 0 unspecified atom stereocenters. The number of aryl methyl sites for hydroxylation is 2. The van der Waals surface area contributed by atoms with Gasteiger partial charge in [0.1, 0.15) is 18.1 Å². The second-order valence-corrected chi connectivity index (χ2v) is 6.36. The number of nitrogens with two attached hydrogens (primary N) is 1. The summed E-state index contributed by atoms with van der Waals surface area (Å²) >= 11 is 0. The van der Waals surface area contributed by atoms with Crippen molar-refractivity contribution >= 4 is 5.82 Å². The zero-order valence-electron chi connectivity index (χ0n) is 14.8. The van der Waals surface area contributed by atoms with Crippen LogP contribution in [0.5, 0.6) is 0 Å². The Morgan fingerprint density at radius 2 is 2.33 bits per heavy atom. The van der Waals surface area contributed by atoms with Crippen LogP contribution in [-0.4, -0.2) is 48.9 Å². The lowest BCUT2D eigenvalue weighted by molar-refractivity contribution is -0.0322. The van der Waals surface area contributed by atoms with Crippen molar-refractivity contribution in [2.24, 2.45) is 5.11 Å². The third-order valence-corrected chi connectivity index (χ3v) is 4.52. The highest BCUT2D eigenvalue weighted by Gasteiger charge is 2.38. The summed E-state index contributed by atoms with van der Waals surface area (Å²) in [6.07, 6.45) is 4.00. The molecule has 0 spiro atoms. The Kier molecular flexibility index (Phi) is 5.69. The number of ether oxygens (including phenoxy) is 1. The SMILES string of the molecule is Cc1cn([C@H]2C[C@H](n3cc(CCCN=[N+]=[N-])nn3)[C@@H](CO)O2)c(=O)nc1N. The van der Waals surface area contributed by atoms with E-state index in [0.717, 1.165) is 5.69 Å². The average molecular weight is 375 g/mol. The Balaban J connectivity index is 1.75. The van der Waals surface area contributed by atoms with Crippen molar-refractivity contribution in [3.63, 3.8) is 0 Å². The molecule has 0 radical (unpaired) electrons. The fourth-order valence-corrected chi connectivity index (χ4v) is 3.08. The minimum atomic E-state index is -0.580. The molecular formula is C15H21N9O3. The van der Waals surface area contributed by atoms with Gasteiger partial charge < -0.3 is 15.6 Å². The maximum Gasteiger partial charge on any atom is 0.351 e. The van der Waals surface area contributed by atoms with Gasteiger partial charge in [-0.1, -0.05) is 10.3 Å². The first-order valence-corrected chi connectivity index (χ1v) is 8.56. The smallest absolute Gasteiger partial charge is 0.351 e. The number of hydrogen-bond acceptors (Lipinski definition) is 8. The van der Waals surface area contributed by atoms with Gasteiger partial charge in [-0.25, -0.2) is 9.48 Å². The summed E-state index contributed by atoms with van der Waals surface area (Å²) in [5.41, 5.74) is 14.9. The van der Waals surface area contributed by atoms with Crippen molar-refractivity contribution in [2.45, 2.75) is 44.6 Å². The van der Waals surface area contributed by atoms with Crippen molar-refractivity contribution in [3.05, 3.63) is 44.6 Å². The molecule has 1 fully saturated rings. The number of aliphatic hydroxyl groups excluding tert-OH is 1. The molecule has 0 aliphatic carbocycles. The molecule has 1 aliphatic rings. The molecule has 12 heteroatoms. The molecule has 0 aromatic carbocycles. The lowest BCUT2D eigenvalue weighted by atomic mass is 10.1. The third kappa shape index (κ3) is 4.08. The molecule has 3 atom stereocenters. The molecule has 3 N–H and O–H groups in total. The van der Waals surface area contributed by atoms with Crippen LogP contribution in [0.15, 0.2) is 22.3 Å². The summed E-state index contributed by atoms with van der Waals surface area (Å²) in [6.45, 7) is 1.93. The summed E-state index contributed by atoms with van der Waals surface area (Å²) in [5.74, 6) is 0.186. The fraction of sp³-hybridized carbons (Fsp3) is 0.600. The summed E-state index contributed by atoms with van der Waals surface area (Å²) < 4.78 is 8.88. The second kappa shape index (κ2) is 8.16. The quantitative estimate of drug-likeness (QED) is 0.307. The van der Waals surface area contributed by atoms with Crippen LogP contribution in [0.3, 0.4) is 0 Å². The van der Waals surface area contributed by atoms with Crippen molar-refractivity contribution in [1.29, 1.82) is 0 Å². The molecule has 3 rings (SSSR count). The topological polar surface area (TPSA) is 170 Å². The van der Waals surface area contributed by atoms with Crippen LogP contribution in [0.4, 0.5) is 5.82 Å². The van der Waals surface area contributed by atoms with Crippen LogP contribution in [0.1, 0.15) is 36.4 Å². The highest BCUT2D eigenvalue weighted by atomic mass is 16.5. The van der Waals surface area contributed by atoms with Crippen LogP contribution >= 0.6 is 0 Å². The van der Waals surface area contributed by atoms with E-state index in [2.05, 4.69) is 25.3 Å². The maximum atomic E-state index is 12.2. The molecule has 0 bridgehead atoms. The van der Waals surface area contributed by atoms with Crippen molar-refractivity contribution < 1.29 is 9.84 Å². The lowest BCUT2D eigenvalue weighted by Crippen LogP contribution is -2.28. The molecule has 144 valence electrons.